The first-order valence-corrected chi connectivity index (χ1v) is 10.9. The maximum Gasteiger partial charge on any atom is 0.262 e. The number of anilines is 2. The fourth-order valence-electron chi connectivity index (χ4n) is 3.10. The zero-order valence-corrected chi connectivity index (χ0v) is 18.5. The van der Waals surface area contributed by atoms with E-state index < -0.39 is 0 Å². The van der Waals surface area contributed by atoms with Gasteiger partial charge in [0.1, 0.15) is 5.75 Å². The average molecular weight is 469 g/mol. The Bertz CT molecular complexity index is 1040. The molecule has 3 rings (SSSR count). The number of amides is 2. The van der Waals surface area contributed by atoms with Gasteiger partial charge in [0.15, 0.2) is 6.61 Å². The molecule has 5 nitrogen and oxygen atoms in total. The van der Waals surface area contributed by atoms with Crippen molar-refractivity contribution >= 4 is 49.9 Å². The summed E-state index contributed by atoms with van der Waals surface area (Å²) in [4.78, 5) is 24.3. The fourth-order valence-corrected chi connectivity index (χ4v) is 3.71. The predicted molar refractivity (Wildman–Crippen MR) is 125 cm³/mol. The molecule has 0 aliphatic heterocycles. The summed E-state index contributed by atoms with van der Waals surface area (Å²) >= 11 is 3.56. The molecule has 0 spiro atoms. The van der Waals surface area contributed by atoms with Gasteiger partial charge in [0.2, 0.25) is 5.91 Å². The topological polar surface area (TPSA) is 67.4 Å². The van der Waals surface area contributed by atoms with Crippen LogP contribution in [0.4, 0.5) is 11.4 Å². The molecule has 0 aliphatic carbocycles. The lowest BCUT2D eigenvalue weighted by Gasteiger charge is -2.11. The van der Waals surface area contributed by atoms with E-state index in [9.17, 15) is 9.59 Å². The van der Waals surface area contributed by atoms with Crippen molar-refractivity contribution in [2.24, 2.45) is 0 Å². The van der Waals surface area contributed by atoms with E-state index in [1.165, 1.54) is 0 Å². The number of hydrogen-bond acceptors (Lipinski definition) is 3. The molecule has 3 aromatic rings. The van der Waals surface area contributed by atoms with Crippen molar-refractivity contribution in [2.75, 3.05) is 17.2 Å². The fraction of sp³-hybridized carbons (Fsp3) is 0.250. The highest BCUT2D eigenvalue weighted by atomic mass is 79.9. The molecule has 0 aliphatic rings. The van der Waals surface area contributed by atoms with Gasteiger partial charge in [0.05, 0.1) is 4.47 Å². The Hall–Kier alpha value is -2.86. The molecule has 3 aromatic carbocycles. The van der Waals surface area contributed by atoms with Crippen molar-refractivity contribution < 1.29 is 14.3 Å². The molecule has 0 saturated heterocycles. The van der Waals surface area contributed by atoms with Crippen LogP contribution < -0.4 is 15.4 Å². The molecule has 30 heavy (non-hydrogen) atoms. The third kappa shape index (κ3) is 6.07. The number of ether oxygens (including phenoxy) is 1. The first kappa shape index (κ1) is 21.8. The van der Waals surface area contributed by atoms with Gasteiger partial charge in [0, 0.05) is 17.8 Å². The van der Waals surface area contributed by atoms with E-state index in [0.717, 1.165) is 34.5 Å². The van der Waals surface area contributed by atoms with E-state index in [1.807, 2.05) is 36.4 Å². The number of halogens is 1. The minimum Gasteiger partial charge on any atom is -0.483 e. The number of carbonyl (C=O) groups excluding carboxylic acids is 2. The number of carbonyl (C=O) groups is 2. The van der Waals surface area contributed by atoms with Crippen molar-refractivity contribution in [3.8, 4) is 5.75 Å². The lowest BCUT2D eigenvalue weighted by atomic mass is 10.1. The maximum absolute atomic E-state index is 12.3. The van der Waals surface area contributed by atoms with Crippen molar-refractivity contribution in [3.63, 3.8) is 0 Å². The van der Waals surface area contributed by atoms with Crippen LogP contribution in [0.1, 0.15) is 32.6 Å². The van der Waals surface area contributed by atoms with Gasteiger partial charge in [-0.15, -0.1) is 0 Å². The highest BCUT2D eigenvalue weighted by molar-refractivity contribution is 9.10. The van der Waals surface area contributed by atoms with Gasteiger partial charge >= 0.3 is 0 Å². The van der Waals surface area contributed by atoms with E-state index in [2.05, 4.69) is 33.5 Å². The Balaban J connectivity index is 1.55. The molecule has 6 heteroatoms. The smallest absolute Gasteiger partial charge is 0.262 e. The van der Waals surface area contributed by atoms with Crippen LogP contribution in [0.2, 0.25) is 0 Å². The average Bonchev–Trinajstić information content (AvgIpc) is 2.74. The van der Waals surface area contributed by atoms with Crippen LogP contribution in [0.25, 0.3) is 10.8 Å². The van der Waals surface area contributed by atoms with Crippen molar-refractivity contribution in [1.29, 1.82) is 0 Å². The van der Waals surface area contributed by atoms with E-state index in [1.54, 1.807) is 24.3 Å². The number of hydrogen-bond donors (Lipinski definition) is 2. The summed E-state index contributed by atoms with van der Waals surface area (Å²) in [6.45, 7) is 1.98. The predicted octanol–water partition coefficient (Wildman–Crippen LogP) is 6.14. The normalized spacial score (nSPS) is 10.6. The van der Waals surface area contributed by atoms with Crippen LogP contribution in [0, 0.1) is 0 Å². The van der Waals surface area contributed by atoms with Gasteiger partial charge in [-0.25, -0.2) is 0 Å². The third-order valence-electron chi connectivity index (χ3n) is 4.62. The van der Waals surface area contributed by atoms with Gasteiger partial charge < -0.3 is 15.4 Å². The van der Waals surface area contributed by atoms with E-state index >= 15 is 0 Å². The summed E-state index contributed by atoms with van der Waals surface area (Å²) in [7, 11) is 0. The molecule has 0 unspecified atom stereocenters. The standard InChI is InChI=1S/C24H25BrN2O3/c1-2-3-4-12-22(28)26-18-9-7-10-19(15-18)27-23(29)16-30-21-14-13-17-8-5-6-11-20(17)24(21)25/h5-11,13-15H,2-4,12,16H2,1H3,(H,26,28)(H,27,29). The number of benzene rings is 3. The summed E-state index contributed by atoms with van der Waals surface area (Å²) in [6.07, 6.45) is 3.49. The molecule has 0 saturated carbocycles. The van der Waals surface area contributed by atoms with Crippen LogP contribution >= 0.6 is 15.9 Å². The summed E-state index contributed by atoms with van der Waals surface area (Å²) in [5.41, 5.74) is 1.26. The Morgan fingerprint density at radius 1 is 0.900 bits per heavy atom. The second kappa shape index (κ2) is 10.8. The summed E-state index contributed by atoms with van der Waals surface area (Å²) in [5, 5.41) is 7.79. The Morgan fingerprint density at radius 3 is 2.40 bits per heavy atom. The van der Waals surface area contributed by atoms with E-state index in [0.29, 0.717) is 23.5 Å². The number of nitrogens with one attached hydrogen (secondary N) is 2. The van der Waals surface area contributed by atoms with Gasteiger partial charge in [-0.2, -0.15) is 0 Å². The van der Waals surface area contributed by atoms with Crippen LogP contribution in [0.3, 0.4) is 0 Å². The first-order valence-electron chi connectivity index (χ1n) is 10.1. The van der Waals surface area contributed by atoms with Crippen molar-refractivity contribution in [1.82, 2.24) is 0 Å². The molecular formula is C24H25BrN2O3. The monoisotopic (exact) mass is 468 g/mol. The second-order valence-electron chi connectivity index (χ2n) is 7.02. The quantitative estimate of drug-likeness (QED) is 0.370. The van der Waals surface area contributed by atoms with Crippen molar-refractivity contribution in [3.05, 3.63) is 65.1 Å². The summed E-state index contributed by atoms with van der Waals surface area (Å²) in [5.74, 6) is 0.315. The van der Waals surface area contributed by atoms with Gasteiger partial charge in [-0.05, 0) is 57.4 Å². The maximum atomic E-state index is 12.3. The molecule has 0 atom stereocenters. The summed E-state index contributed by atoms with van der Waals surface area (Å²) < 4.78 is 6.52. The number of unbranched alkanes of at least 4 members (excludes halogenated alkanes) is 2. The largest absolute Gasteiger partial charge is 0.483 e. The Labute approximate surface area is 184 Å². The van der Waals surface area contributed by atoms with Crippen LogP contribution in [-0.2, 0) is 9.59 Å². The van der Waals surface area contributed by atoms with Gasteiger partial charge in [0.25, 0.3) is 5.91 Å². The van der Waals surface area contributed by atoms with Crippen LogP contribution in [0.15, 0.2) is 65.1 Å². The van der Waals surface area contributed by atoms with E-state index in [-0.39, 0.29) is 18.4 Å². The highest BCUT2D eigenvalue weighted by Gasteiger charge is 2.10. The third-order valence-corrected chi connectivity index (χ3v) is 5.44. The van der Waals surface area contributed by atoms with Gasteiger partial charge in [-0.3, -0.25) is 9.59 Å². The minimum absolute atomic E-state index is 0.0172. The molecular weight excluding hydrogens is 444 g/mol. The molecule has 0 bridgehead atoms. The molecule has 156 valence electrons. The Kier molecular flexibility index (Phi) is 7.85. The highest BCUT2D eigenvalue weighted by Crippen LogP contribution is 2.33. The zero-order valence-electron chi connectivity index (χ0n) is 16.9. The number of rotatable bonds is 9. The molecule has 2 amide bonds. The SMILES string of the molecule is CCCCCC(=O)Nc1cccc(NC(=O)COc2ccc3ccccc3c2Br)c1. The zero-order chi connectivity index (χ0) is 21.3. The first-order chi connectivity index (χ1) is 14.6. The van der Waals surface area contributed by atoms with Crippen molar-refractivity contribution in [2.45, 2.75) is 32.6 Å². The van der Waals surface area contributed by atoms with Crippen LogP contribution in [-0.4, -0.2) is 18.4 Å². The summed E-state index contributed by atoms with van der Waals surface area (Å²) in [6, 6.07) is 18.9. The molecule has 0 fully saturated rings. The second-order valence-corrected chi connectivity index (χ2v) is 7.81. The lowest BCUT2D eigenvalue weighted by molar-refractivity contribution is -0.118. The lowest BCUT2D eigenvalue weighted by Crippen LogP contribution is -2.20. The Morgan fingerprint density at radius 2 is 1.63 bits per heavy atom. The van der Waals surface area contributed by atoms with E-state index in [4.69, 9.17) is 4.74 Å². The number of fused-ring (bicyclic) bond motifs is 1. The molecule has 0 aromatic heterocycles. The van der Waals surface area contributed by atoms with Crippen LogP contribution in [0.5, 0.6) is 5.75 Å². The molecule has 2 N–H and O–H groups in total. The minimum atomic E-state index is -0.276. The van der Waals surface area contributed by atoms with Gasteiger partial charge in [-0.1, -0.05) is 56.2 Å². The molecule has 0 heterocycles. The molecule has 0 radical (unpaired) electrons.